The molecule has 0 bridgehead atoms. The van der Waals surface area contributed by atoms with Crippen LogP contribution >= 0.6 is 11.8 Å². The molecule has 1 aliphatic rings. The molecule has 0 aliphatic carbocycles. The van der Waals surface area contributed by atoms with Crippen molar-refractivity contribution in [2.75, 3.05) is 45.3 Å². The highest BCUT2D eigenvalue weighted by molar-refractivity contribution is 8.00. The van der Waals surface area contributed by atoms with Crippen LogP contribution in [0.5, 0.6) is 5.75 Å². The number of hydrogen-bond donors (Lipinski definition) is 20. The van der Waals surface area contributed by atoms with Gasteiger partial charge in [0.1, 0.15) is 84.3 Å². The molecule has 1 fully saturated rings. The fourth-order valence-electron chi connectivity index (χ4n) is 15.0. The van der Waals surface area contributed by atoms with Gasteiger partial charge in [-0.25, -0.2) is 0 Å². The maximum Gasteiger partial charge on any atom is 0.305 e. The van der Waals surface area contributed by atoms with Crippen molar-refractivity contribution in [1.82, 2.24) is 88.9 Å². The van der Waals surface area contributed by atoms with Crippen molar-refractivity contribution < 1.29 is 102 Å². The smallest absolute Gasteiger partial charge is 0.305 e. The van der Waals surface area contributed by atoms with Gasteiger partial charge in [0.15, 0.2) is 0 Å². The van der Waals surface area contributed by atoms with Gasteiger partial charge in [0, 0.05) is 79.7 Å². The maximum atomic E-state index is 15.5. The Labute approximate surface area is 778 Å². The van der Waals surface area contributed by atoms with Crippen LogP contribution < -0.4 is 80.6 Å². The summed E-state index contributed by atoms with van der Waals surface area (Å²) in [7, 11) is 2.47. The summed E-state index contributed by atoms with van der Waals surface area (Å²) in [5.74, 6) is -22.8. The summed E-state index contributed by atoms with van der Waals surface area (Å²) in [6, 6.07) is 14.0. The van der Waals surface area contributed by atoms with E-state index in [1.54, 1.807) is 127 Å². The fraction of sp³-hybridized carbons (Fsp3) is 0.441. The van der Waals surface area contributed by atoms with Crippen molar-refractivity contribution in [1.29, 1.82) is 0 Å². The SMILES string of the molecule is CC(C)C[C@@H]1NC(=O)[C@H](Cc2c[nH]c3ccccc23)NC(=O)[C@H](CC(=O)O)NC(=O)[C@H](Cc2ccc(O)cc2)NC(=O)[C@H](Cc2c[nH]c3ccccc23)NC(=O)CSC[C@@H](C(=O)NCC(N)=O)NC(=O)[C@H](CO)NC(=O)[C@H](C(C)C)NC(=O)[C@H](CC(C)C)NC(=O)[C@H](CC(N)=O)NC(=O)CN(C)C(=O)[C@H](C)N(C)C(=O)[C@H](C(C)C)NC(=O)[C@H](Cc2ccc(-c3ccccc3)cc2)NC1=O. The molecule has 1 saturated heterocycles. The van der Waals surface area contributed by atoms with Crippen molar-refractivity contribution in [2.45, 2.75) is 192 Å². The van der Waals surface area contributed by atoms with Crippen LogP contribution in [0.4, 0.5) is 0 Å². The molecule has 134 heavy (non-hydrogen) atoms. The molecule has 1 aliphatic heterocycles. The first-order chi connectivity index (χ1) is 63.5. The number of nitrogens with two attached hydrogens (primary N) is 2. The Hall–Kier alpha value is -14.3. The van der Waals surface area contributed by atoms with E-state index in [0.717, 1.165) is 20.9 Å². The van der Waals surface area contributed by atoms with E-state index in [1.165, 1.54) is 59.1 Å². The number of hydrogen-bond acceptors (Lipinski definition) is 21. The van der Waals surface area contributed by atoms with Gasteiger partial charge in [-0.15, -0.1) is 11.8 Å². The topological polar surface area (TPSA) is 614 Å². The third kappa shape index (κ3) is 31.2. The number of aliphatic hydroxyl groups excluding tert-OH is 1. The fourth-order valence-corrected chi connectivity index (χ4v) is 15.8. The number of phenols is 1. The monoisotopic (exact) mass is 1870 g/mol. The molecule has 22 N–H and O–H groups in total. The van der Waals surface area contributed by atoms with Gasteiger partial charge in [-0.05, 0) is 101 Å². The van der Waals surface area contributed by atoms with Gasteiger partial charge in [-0.2, -0.15) is 0 Å². The number of aliphatic hydroxyl groups is 1. The van der Waals surface area contributed by atoms with E-state index < -0.39 is 253 Å². The second kappa shape index (κ2) is 49.8. The lowest BCUT2D eigenvalue weighted by molar-refractivity contribution is -0.147. The Morgan fingerprint density at radius 3 is 1.33 bits per heavy atom. The summed E-state index contributed by atoms with van der Waals surface area (Å²) in [4.78, 5) is 267. The van der Waals surface area contributed by atoms with Crippen LogP contribution in [-0.4, -0.2) is 265 Å². The molecule has 5 aromatic carbocycles. The zero-order valence-corrected chi connectivity index (χ0v) is 77.3. The summed E-state index contributed by atoms with van der Waals surface area (Å²) in [6.07, 6.45) is -0.448. The number of rotatable bonds is 23. The van der Waals surface area contributed by atoms with E-state index in [9.17, 15) is 72.9 Å². The molecule has 2 aromatic heterocycles. The van der Waals surface area contributed by atoms with Crippen molar-refractivity contribution in [3.8, 4) is 16.9 Å². The minimum Gasteiger partial charge on any atom is -0.508 e. The number of amides is 17. The molecule has 3 heterocycles. The summed E-state index contributed by atoms with van der Waals surface area (Å²) < 4.78 is 0. The minimum absolute atomic E-state index is 0.123. The highest BCUT2D eigenvalue weighted by Gasteiger charge is 2.41. The standard InChI is InChI=1S/C93H121N19O21S/c1-48(2)33-64-82(122)104-67(35-53-25-29-56(30-26-53)55-19-13-12-14-20-55)89(129)110-80(51(7)8)93(133)112(11)52(9)92(132)111(10)44-76(117)99-70(39-74(94)115)86(126)102-65(34-49(3)4)88(128)109-79(50(5)6)91(131)107-72(45-113)90(130)108-73(81(121)98-43-75(95)116)46-134-47-77(118)100-68(37-57-41-96-62-23-17-15-21-60(57)62)84(124)103-66(36-54-27-31-59(114)32-28-54)83(123)106-71(40-78(119)120)87(127)105-69(85(125)101-64)38-58-42-97-63-24-18-16-22-61(58)63/h12-32,41-42,48-52,64-73,79-80,96-97,113-114H,33-40,43-47H2,1-11H3,(H2,94,115)(H2,95,116)(H,98,121)(H,99,117)(H,100,118)(H,101,125)(H,102,126)(H,103,124)(H,104,122)(H,105,127)(H,106,123)(H,107,131)(H,108,130)(H,109,128)(H,110,129)(H,119,120)/t52-,64-,65-,66-,67-,68-,69-,70-,71-,72-,73-,79-,80-/m0/s1. The molecular weight excluding hydrogens is 1750 g/mol. The van der Waals surface area contributed by atoms with Gasteiger partial charge in [-0.3, -0.25) is 86.3 Å². The maximum absolute atomic E-state index is 15.5. The number of carbonyl (C=O) groups excluding carboxylic acids is 17. The number of aromatic hydroxyl groups is 1. The van der Waals surface area contributed by atoms with E-state index in [4.69, 9.17) is 11.5 Å². The average molecular weight is 1870 g/mol. The highest BCUT2D eigenvalue weighted by atomic mass is 32.2. The number of carbonyl (C=O) groups is 18. The zero-order chi connectivity index (χ0) is 98.5. The molecule has 8 rings (SSSR count). The number of benzene rings is 5. The number of H-pyrrole nitrogens is 2. The summed E-state index contributed by atoms with van der Waals surface area (Å²) in [5, 5.41) is 66.0. The molecule has 0 spiro atoms. The van der Waals surface area contributed by atoms with E-state index in [0.29, 0.717) is 50.3 Å². The first kappa shape index (κ1) is 105. The Morgan fingerprint density at radius 1 is 0.440 bits per heavy atom. The predicted octanol–water partition coefficient (Wildman–Crippen LogP) is -0.490. The van der Waals surface area contributed by atoms with Crippen molar-refractivity contribution in [2.24, 2.45) is 35.1 Å². The number of fused-ring (bicyclic) bond motifs is 2. The van der Waals surface area contributed by atoms with Crippen LogP contribution in [0.25, 0.3) is 32.9 Å². The van der Waals surface area contributed by atoms with Gasteiger partial charge in [-0.1, -0.05) is 159 Å². The number of nitrogens with zero attached hydrogens (tertiary/aromatic N) is 2. The van der Waals surface area contributed by atoms with Gasteiger partial charge >= 0.3 is 5.97 Å². The van der Waals surface area contributed by atoms with Crippen LogP contribution in [0, 0.1) is 23.7 Å². The Balaban J connectivity index is 1.19. The quantitative estimate of drug-likeness (QED) is 0.0384. The summed E-state index contributed by atoms with van der Waals surface area (Å²) in [5.41, 5.74) is 15.5. The van der Waals surface area contributed by atoms with Crippen molar-refractivity contribution in [3.63, 3.8) is 0 Å². The van der Waals surface area contributed by atoms with Gasteiger partial charge in [0.25, 0.3) is 0 Å². The van der Waals surface area contributed by atoms with Crippen LogP contribution in [0.3, 0.4) is 0 Å². The van der Waals surface area contributed by atoms with Crippen LogP contribution in [0.15, 0.2) is 140 Å². The number of carboxylic acids is 1. The molecule has 40 nitrogen and oxygen atoms in total. The largest absolute Gasteiger partial charge is 0.508 e. The Morgan fingerprint density at radius 2 is 0.843 bits per heavy atom. The number of phenolic OH excluding ortho intramolecular Hbond substituents is 1. The third-order valence-corrected chi connectivity index (χ3v) is 23.3. The average Bonchev–Trinajstić information content (AvgIpc) is 1.73. The molecule has 720 valence electrons. The number of aromatic nitrogens is 2. The summed E-state index contributed by atoms with van der Waals surface area (Å²) >= 11 is 0.699. The van der Waals surface area contributed by atoms with Crippen molar-refractivity contribution in [3.05, 3.63) is 162 Å². The van der Waals surface area contributed by atoms with Gasteiger partial charge < -0.3 is 116 Å². The molecule has 13 atom stereocenters. The number of likely N-dealkylation sites (N-methyl/N-ethyl adjacent to an activating group) is 2. The first-order valence-corrected chi connectivity index (χ1v) is 45.0. The molecule has 0 saturated carbocycles. The zero-order valence-electron chi connectivity index (χ0n) is 76.4. The summed E-state index contributed by atoms with van der Waals surface area (Å²) in [6.45, 7) is 11.7. The Bertz CT molecular complexity index is 5380. The predicted molar refractivity (Wildman–Crippen MR) is 496 cm³/mol. The number of primary amides is 2. The number of aliphatic carboxylic acids is 1. The minimum atomic E-state index is -2.07. The Kier molecular flexibility index (Phi) is 39.1. The molecule has 41 heteroatoms. The van der Waals surface area contributed by atoms with E-state index in [-0.39, 0.29) is 49.3 Å². The van der Waals surface area contributed by atoms with E-state index in [2.05, 4.69) is 79.1 Å². The number of carboxylic acid groups (broad SMARTS) is 1. The second-order valence-corrected chi connectivity index (χ2v) is 35.7. The number of aromatic amines is 2. The number of thioether (sulfide) groups is 1. The molecule has 0 unspecified atom stereocenters. The molecule has 7 aromatic rings. The highest BCUT2D eigenvalue weighted by Crippen LogP contribution is 2.25. The van der Waals surface area contributed by atoms with Crippen molar-refractivity contribution >= 4 is 140 Å². The van der Waals surface area contributed by atoms with Crippen LogP contribution in [0.1, 0.15) is 110 Å². The lowest BCUT2D eigenvalue weighted by Crippen LogP contribution is -2.61. The normalized spacial score (nSPS) is 22.8. The number of nitrogens with one attached hydrogen (secondary N) is 15. The van der Waals surface area contributed by atoms with E-state index >= 15 is 28.8 Å². The van der Waals surface area contributed by atoms with Crippen LogP contribution in [-0.2, 0) is 112 Å². The molecular formula is C93H121N19O21S. The second-order valence-electron chi connectivity index (χ2n) is 34.7. The first-order valence-electron chi connectivity index (χ1n) is 43.9. The van der Waals surface area contributed by atoms with Gasteiger partial charge in [0.05, 0.1) is 38.3 Å². The number of para-hydroxylation sites is 2. The van der Waals surface area contributed by atoms with Crippen LogP contribution in [0.2, 0.25) is 0 Å². The van der Waals surface area contributed by atoms with Gasteiger partial charge in [0.2, 0.25) is 100 Å². The molecule has 17 amide bonds. The third-order valence-electron chi connectivity index (χ3n) is 22.3. The molecule has 0 radical (unpaired) electrons. The van der Waals surface area contributed by atoms with E-state index in [1.807, 2.05) is 30.3 Å². The lowest BCUT2D eigenvalue weighted by Gasteiger charge is -2.33. The lowest BCUT2D eigenvalue weighted by atomic mass is 9.97.